The molecule has 0 fully saturated rings. The third kappa shape index (κ3) is 3.94. The number of benzene rings is 1. The first kappa shape index (κ1) is 14.9. The lowest BCUT2D eigenvalue weighted by molar-refractivity contribution is 0.0632. The molecule has 0 saturated carbocycles. The average Bonchev–Trinajstić information content (AvgIpc) is 2.19. The van der Waals surface area contributed by atoms with Gasteiger partial charge in [-0.25, -0.2) is 14.0 Å². The van der Waals surface area contributed by atoms with Crippen molar-refractivity contribution in [2.75, 3.05) is 5.32 Å². The molecule has 0 aliphatic heterocycles. The van der Waals surface area contributed by atoms with Gasteiger partial charge in [0.05, 0.1) is 0 Å². The van der Waals surface area contributed by atoms with E-state index in [1.54, 1.807) is 20.8 Å². The standard InChI is InChI=1S/C13H16FNO4/c1-7-9(15-12(18)19-13(2,3)4)6-5-8(14)10(7)11(16)17/h5-6H,1-4H3,(H,15,18)(H,16,17). The quantitative estimate of drug-likeness (QED) is 0.864. The van der Waals surface area contributed by atoms with E-state index in [4.69, 9.17) is 9.84 Å². The summed E-state index contributed by atoms with van der Waals surface area (Å²) in [6.07, 6.45) is -0.724. The lowest BCUT2D eigenvalue weighted by Gasteiger charge is -2.20. The van der Waals surface area contributed by atoms with Gasteiger partial charge < -0.3 is 9.84 Å². The van der Waals surface area contributed by atoms with Crippen LogP contribution in [-0.4, -0.2) is 22.8 Å². The Hall–Kier alpha value is -2.11. The van der Waals surface area contributed by atoms with E-state index in [1.807, 2.05) is 0 Å². The molecule has 1 aromatic carbocycles. The van der Waals surface area contributed by atoms with Crippen LogP contribution in [0, 0.1) is 12.7 Å². The zero-order chi connectivity index (χ0) is 14.8. The largest absolute Gasteiger partial charge is 0.478 e. The molecule has 2 N–H and O–H groups in total. The van der Waals surface area contributed by atoms with E-state index in [0.29, 0.717) is 0 Å². The lowest BCUT2D eigenvalue weighted by Crippen LogP contribution is -2.27. The summed E-state index contributed by atoms with van der Waals surface area (Å²) in [4.78, 5) is 22.5. The number of hydrogen-bond acceptors (Lipinski definition) is 3. The normalized spacial score (nSPS) is 11.0. The molecule has 0 atom stereocenters. The van der Waals surface area contributed by atoms with Crippen molar-refractivity contribution in [2.24, 2.45) is 0 Å². The zero-order valence-corrected chi connectivity index (χ0v) is 11.2. The molecule has 5 nitrogen and oxygen atoms in total. The number of carbonyl (C=O) groups excluding carboxylic acids is 1. The third-order valence-electron chi connectivity index (χ3n) is 2.26. The van der Waals surface area contributed by atoms with Crippen LogP contribution in [0.5, 0.6) is 0 Å². The molecular formula is C13H16FNO4. The topological polar surface area (TPSA) is 75.6 Å². The van der Waals surface area contributed by atoms with Crippen LogP contribution in [-0.2, 0) is 4.74 Å². The second-order valence-corrected chi connectivity index (χ2v) is 5.03. The van der Waals surface area contributed by atoms with Gasteiger partial charge in [-0.1, -0.05) is 0 Å². The minimum atomic E-state index is -1.39. The molecule has 0 spiro atoms. The second-order valence-electron chi connectivity index (χ2n) is 5.03. The molecule has 0 heterocycles. The van der Waals surface area contributed by atoms with Crippen molar-refractivity contribution in [3.8, 4) is 0 Å². The summed E-state index contributed by atoms with van der Waals surface area (Å²) in [5.74, 6) is -2.23. The van der Waals surface area contributed by atoms with Crippen molar-refractivity contribution in [3.05, 3.63) is 29.1 Å². The number of carboxylic acid groups (broad SMARTS) is 1. The predicted octanol–water partition coefficient (Wildman–Crippen LogP) is 3.18. The fourth-order valence-corrected chi connectivity index (χ4v) is 1.49. The molecule has 1 aromatic rings. The Labute approximate surface area is 110 Å². The van der Waals surface area contributed by atoms with Crippen LogP contribution >= 0.6 is 0 Å². The van der Waals surface area contributed by atoms with Crippen molar-refractivity contribution in [3.63, 3.8) is 0 Å². The maximum atomic E-state index is 13.4. The SMILES string of the molecule is Cc1c(NC(=O)OC(C)(C)C)ccc(F)c1C(=O)O. The predicted molar refractivity (Wildman–Crippen MR) is 68.0 cm³/mol. The van der Waals surface area contributed by atoms with Gasteiger partial charge in [-0.05, 0) is 45.4 Å². The van der Waals surface area contributed by atoms with Gasteiger partial charge in [0.15, 0.2) is 0 Å². The number of aromatic carboxylic acids is 1. The number of rotatable bonds is 2. The van der Waals surface area contributed by atoms with Crippen LogP contribution in [0.2, 0.25) is 0 Å². The molecule has 0 aliphatic carbocycles. The van der Waals surface area contributed by atoms with E-state index < -0.39 is 29.0 Å². The Morgan fingerprint density at radius 1 is 1.32 bits per heavy atom. The number of anilines is 1. The van der Waals surface area contributed by atoms with E-state index >= 15 is 0 Å². The number of carbonyl (C=O) groups is 2. The fourth-order valence-electron chi connectivity index (χ4n) is 1.49. The maximum absolute atomic E-state index is 13.4. The summed E-state index contributed by atoms with van der Waals surface area (Å²) in [6.45, 7) is 6.52. The van der Waals surface area contributed by atoms with Crippen molar-refractivity contribution in [1.82, 2.24) is 0 Å². The number of hydrogen-bond donors (Lipinski definition) is 2. The first-order valence-corrected chi connectivity index (χ1v) is 5.64. The van der Waals surface area contributed by atoms with E-state index in [1.165, 1.54) is 13.0 Å². The van der Waals surface area contributed by atoms with E-state index in [0.717, 1.165) is 6.07 Å². The Morgan fingerprint density at radius 2 is 1.89 bits per heavy atom. The lowest BCUT2D eigenvalue weighted by atomic mass is 10.1. The minimum absolute atomic E-state index is 0.137. The summed E-state index contributed by atoms with van der Waals surface area (Å²) in [5, 5.41) is 11.3. The number of nitrogens with one attached hydrogen (secondary N) is 1. The monoisotopic (exact) mass is 269 g/mol. The van der Waals surface area contributed by atoms with Gasteiger partial charge in [-0.3, -0.25) is 5.32 Å². The van der Waals surface area contributed by atoms with E-state index in [-0.39, 0.29) is 11.3 Å². The molecule has 0 aliphatic rings. The fraction of sp³-hybridized carbons (Fsp3) is 0.385. The molecule has 0 aromatic heterocycles. The highest BCUT2D eigenvalue weighted by atomic mass is 19.1. The van der Waals surface area contributed by atoms with Gasteiger partial charge in [-0.15, -0.1) is 0 Å². The number of ether oxygens (including phenoxy) is 1. The van der Waals surface area contributed by atoms with Crippen molar-refractivity contribution in [1.29, 1.82) is 0 Å². The molecule has 0 unspecified atom stereocenters. The Bertz CT molecular complexity index is 520. The summed E-state index contributed by atoms with van der Waals surface area (Å²) in [5.41, 5.74) is -0.798. The van der Waals surface area contributed by atoms with Crippen LogP contribution in [0.3, 0.4) is 0 Å². The molecule has 1 rings (SSSR count). The van der Waals surface area contributed by atoms with Crippen LogP contribution in [0.4, 0.5) is 14.9 Å². The highest BCUT2D eigenvalue weighted by Gasteiger charge is 2.20. The molecule has 0 bridgehead atoms. The van der Waals surface area contributed by atoms with Gasteiger partial charge in [0, 0.05) is 5.69 Å². The number of amides is 1. The smallest absolute Gasteiger partial charge is 0.412 e. The third-order valence-corrected chi connectivity index (χ3v) is 2.26. The van der Waals surface area contributed by atoms with E-state index in [9.17, 15) is 14.0 Å². The first-order valence-electron chi connectivity index (χ1n) is 5.64. The van der Waals surface area contributed by atoms with Crippen LogP contribution in [0.25, 0.3) is 0 Å². The van der Waals surface area contributed by atoms with E-state index in [2.05, 4.69) is 5.32 Å². The maximum Gasteiger partial charge on any atom is 0.412 e. The van der Waals surface area contributed by atoms with Gasteiger partial charge >= 0.3 is 12.1 Å². The number of carboxylic acids is 1. The van der Waals surface area contributed by atoms with Crippen LogP contribution in [0.1, 0.15) is 36.7 Å². The molecule has 0 saturated heterocycles. The summed E-state index contributed by atoms with van der Waals surface area (Å²) in [6, 6.07) is 2.28. The summed E-state index contributed by atoms with van der Waals surface area (Å²) in [7, 11) is 0. The molecule has 19 heavy (non-hydrogen) atoms. The number of halogens is 1. The molecule has 1 amide bonds. The second kappa shape index (κ2) is 5.26. The molecule has 6 heteroatoms. The Balaban J connectivity index is 3.01. The van der Waals surface area contributed by atoms with Crippen LogP contribution in [0.15, 0.2) is 12.1 Å². The molecule has 104 valence electrons. The van der Waals surface area contributed by atoms with Crippen molar-refractivity contribution < 1.29 is 23.8 Å². The minimum Gasteiger partial charge on any atom is -0.478 e. The van der Waals surface area contributed by atoms with Gasteiger partial charge in [-0.2, -0.15) is 0 Å². The Morgan fingerprint density at radius 3 is 2.37 bits per heavy atom. The molecular weight excluding hydrogens is 253 g/mol. The summed E-state index contributed by atoms with van der Waals surface area (Å²) >= 11 is 0. The van der Waals surface area contributed by atoms with Gasteiger partial charge in [0.1, 0.15) is 17.0 Å². The Kier molecular flexibility index (Phi) is 4.14. The average molecular weight is 269 g/mol. The van der Waals surface area contributed by atoms with Crippen molar-refractivity contribution >= 4 is 17.7 Å². The summed E-state index contributed by atoms with van der Waals surface area (Å²) < 4.78 is 18.4. The first-order chi connectivity index (χ1) is 8.61. The zero-order valence-electron chi connectivity index (χ0n) is 11.2. The van der Waals surface area contributed by atoms with Gasteiger partial charge in [0.2, 0.25) is 0 Å². The molecule has 0 radical (unpaired) electrons. The van der Waals surface area contributed by atoms with Crippen molar-refractivity contribution in [2.45, 2.75) is 33.3 Å². The highest BCUT2D eigenvalue weighted by molar-refractivity contribution is 5.94. The van der Waals surface area contributed by atoms with Crippen LogP contribution < -0.4 is 5.32 Å². The highest BCUT2D eigenvalue weighted by Crippen LogP contribution is 2.22. The van der Waals surface area contributed by atoms with Gasteiger partial charge in [0.25, 0.3) is 0 Å².